The van der Waals surface area contributed by atoms with Gasteiger partial charge in [-0.3, -0.25) is 19.2 Å². The number of allylic oxidation sites excluding steroid dienone is 1. The van der Waals surface area contributed by atoms with Gasteiger partial charge >= 0.3 is 5.97 Å². The van der Waals surface area contributed by atoms with E-state index in [1.807, 2.05) is 0 Å². The lowest BCUT2D eigenvalue weighted by Crippen LogP contribution is -2.61. The van der Waals surface area contributed by atoms with Crippen molar-refractivity contribution < 1.29 is 38.2 Å². The molecule has 7 rings (SSSR count). The van der Waals surface area contributed by atoms with Crippen molar-refractivity contribution in [2.75, 3.05) is 29.6 Å². The van der Waals surface area contributed by atoms with Gasteiger partial charge < -0.3 is 14.2 Å². The first-order valence-electron chi connectivity index (χ1n) is 14.7. The van der Waals surface area contributed by atoms with E-state index in [4.69, 9.17) is 14.2 Å². The fourth-order valence-corrected chi connectivity index (χ4v) is 8.12. The summed E-state index contributed by atoms with van der Waals surface area (Å²) in [4.78, 5) is 73.4. The predicted octanol–water partition coefficient (Wildman–Crippen LogP) is 3.92. The summed E-state index contributed by atoms with van der Waals surface area (Å²) in [5.74, 6) is -6.84. The van der Waals surface area contributed by atoms with E-state index in [2.05, 4.69) is 0 Å². The third kappa shape index (κ3) is 3.74. The average Bonchev–Trinajstić information content (AvgIpc) is 3.40. The summed E-state index contributed by atoms with van der Waals surface area (Å²) in [6.45, 7) is 9.39. The van der Waals surface area contributed by atoms with Crippen molar-refractivity contribution in [1.29, 1.82) is 0 Å². The summed E-state index contributed by atoms with van der Waals surface area (Å²) in [7, 11) is 0. The van der Waals surface area contributed by atoms with E-state index in [1.54, 1.807) is 83.1 Å². The molecule has 10 nitrogen and oxygen atoms in total. The van der Waals surface area contributed by atoms with Gasteiger partial charge in [0, 0.05) is 16.9 Å². The zero-order valence-electron chi connectivity index (χ0n) is 24.8. The van der Waals surface area contributed by atoms with Crippen LogP contribution in [-0.2, 0) is 28.7 Å². The van der Waals surface area contributed by atoms with Crippen LogP contribution in [0.4, 0.5) is 11.4 Å². The van der Waals surface area contributed by atoms with Gasteiger partial charge in [0.2, 0.25) is 23.6 Å². The van der Waals surface area contributed by atoms with E-state index >= 15 is 0 Å². The Balaban J connectivity index is 1.54. The van der Waals surface area contributed by atoms with Gasteiger partial charge in [0.05, 0.1) is 54.9 Å². The largest absolute Gasteiger partial charge is 0.492 e. The van der Waals surface area contributed by atoms with Gasteiger partial charge in [0.25, 0.3) is 0 Å². The van der Waals surface area contributed by atoms with Crippen LogP contribution in [0.15, 0.2) is 59.7 Å². The molecular formula is C33H34N2O8. The highest BCUT2D eigenvalue weighted by molar-refractivity contribution is 6.28. The Morgan fingerprint density at radius 3 is 1.56 bits per heavy atom. The fraction of sp³-hybridized carbons (Fsp3) is 0.424. The number of carbonyl (C=O) groups excluding carboxylic acids is 5. The zero-order valence-corrected chi connectivity index (χ0v) is 24.8. The number of imide groups is 2. The molecule has 0 spiro atoms. The van der Waals surface area contributed by atoms with Crippen LogP contribution in [0.1, 0.15) is 34.6 Å². The number of carbonyl (C=O) groups is 5. The second-order valence-electron chi connectivity index (χ2n) is 11.4. The average molecular weight is 587 g/mol. The number of ether oxygens (including phenoxy) is 3. The molecule has 2 saturated heterocycles. The first-order chi connectivity index (χ1) is 20.6. The standard InChI is InChI=1S/C33H34N2O8/c1-6-41-20-15-11-9-13-18(20)34-28(36)23-22-17(4)25(32(40)43-8-3)33(5,26(23)30(34)38)27-24(22)29(37)35(31(27)39)19-14-10-12-16-21(19)42-7-2/h9-16,22-24,26-27H,6-8H2,1-5H3/t22?,23-,24+,26+,27-,33?. The Morgan fingerprint density at radius 2 is 1.14 bits per heavy atom. The molecule has 224 valence electrons. The van der Waals surface area contributed by atoms with Crippen molar-refractivity contribution in [1.82, 2.24) is 0 Å². The van der Waals surface area contributed by atoms with Crippen LogP contribution in [-0.4, -0.2) is 49.4 Å². The molecule has 2 aromatic rings. The molecule has 2 aromatic carbocycles. The highest BCUT2D eigenvalue weighted by Gasteiger charge is 2.77. The lowest BCUT2D eigenvalue weighted by atomic mass is 9.43. The van der Waals surface area contributed by atoms with Gasteiger partial charge in [-0.2, -0.15) is 0 Å². The maximum absolute atomic E-state index is 14.4. The first kappa shape index (κ1) is 28.6. The molecule has 0 radical (unpaired) electrons. The van der Waals surface area contributed by atoms with Crippen molar-refractivity contribution in [3.8, 4) is 11.5 Å². The molecule has 2 bridgehead atoms. The second kappa shape index (κ2) is 10.4. The maximum atomic E-state index is 14.4. The lowest BCUT2D eigenvalue weighted by molar-refractivity contribution is -0.155. The van der Waals surface area contributed by atoms with Gasteiger partial charge in [-0.25, -0.2) is 14.6 Å². The number of hydrogen-bond acceptors (Lipinski definition) is 8. The minimum absolute atomic E-state index is 0.0834. The van der Waals surface area contributed by atoms with E-state index in [0.717, 1.165) is 9.80 Å². The SMILES string of the molecule is CCOC(=O)C1=C(C)C2[C@H]3C(=O)N(c4ccccc4OCC)C(=O)[C@H]3C1(C)[C@H]1C(=O)N(c3ccccc3OCC)C(=O)[C@@H]21. The summed E-state index contributed by atoms with van der Waals surface area (Å²) >= 11 is 0. The highest BCUT2D eigenvalue weighted by atomic mass is 16.5. The van der Waals surface area contributed by atoms with E-state index < -0.39 is 64.6 Å². The molecule has 3 aliphatic carbocycles. The molecule has 4 amide bonds. The normalized spacial score (nSPS) is 29.3. The molecule has 0 aromatic heterocycles. The first-order valence-corrected chi connectivity index (χ1v) is 14.7. The van der Waals surface area contributed by atoms with E-state index in [-0.39, 0.29) is 12.2 Å². The number of anilines is 2. The van der Waals surface area contributed by atoms with Crippen LogP contribution in [0.25, 0.3) is 0 Å². The van der Waals surface area contributed by atoms with Gasteiger partial charge in [0.15, 0.2) is 0 Å². The van der Waals surface area contributed by atoms with Crippen molar-refractivity contribution in [2.24, 2.45) is 35.0 Å². The third-order valence-electron chi connectivity index (χ3n) is 9.49. The number of para-hydroxylation sites is 4. The lowest BCUT2D eigenvalue weighted by Gasteiger charge is -2.55. The minimum Gasteiger partial charge on any atom is -0.492 e. The van der Waals surface area contributed by atoms with Crippen LogP contribution in [0.2, 0.25) is 0 Å². The number of esters is 1. The molecule has 10 heteroatoms. The fourth-order valence-electron chi connectivity index (χ4n) is 8.12. The van der Waals surface area contributed by atoms with Gasteiger partial charge in [0.1, 0.15) is 11.5 Å². The minimum atomic E-state index is -1.50. The van der Waals surface area contributed by atoms with Gasteiger partial charge in [-0.15, -0.1) is 0 Å². The Hall–Kier alpha value is -4.47. The molecule has 2 unspecified atom stereocenters. The quantitative estimate of drug-likeness (QED) is 0.337. The molecule has 0 N–H and O–H groups in total. The second-order valence-corrected chi connectivity index (χ2v) is 11.4. The van der Waals surface area contributed by atoms with Gasteiger partial charge in [-0.1, -0.05) is 36.8 Å². The molecule has 43 heavy (non-hydrogen) atoms. The summed E-state index contributed by atoms with van der Waals surface area (Å²) in [5.41, 5.74) is -0.205. The number of benzene rings is 2. The Morgan fingerprint density at radius 1 is 0.698 bits per heavy atom. The van der Waals surface area contributed by atoms with Crippen LogP contribution in [0, 0.1) is 35.0 Å². The Bertz CT molecular complexity index is 1500. The molecule has 6 atom stereocenters. The van der Waals surface area contributed by atoms with E-state index in [9.17, 15) is 24.0 Å². The predicted molar refractivity (Wildman–Crippen MR) is 155 cm³/mol. The Labute approximate surface area is 249 Å². The smallest absolute Gasteiger partial charge is 0.334 e. The maximum Gasteiger partial charge on any atom is 0.334 e. The van der Waals surface area contributed by atoms with E-state index in [1.165, 1.54) is 0 Å². The van der Waals surface area contributed by atoms with Crippen LogP contribution < -0.4 is 19.3 Å². The van der Waals surface area contributed by atoms with Crippen molar-refractivity contribution >= 4 is 41.0 Å². The van der Waals surface area contributed by atoms with Gasteiger partial charge in [-0.05, 0) is 52.0 Å². The topological polar surface area (TPSA) is 120 Å². The van der Waals surface area contributed by atoms with Crippen LogP contribution >= 0.6 is 0 Å². The van der Waals surface area contributed by atoms with Crippen molar-refractivity contribution in [3.05, 3.63) is 59.7 Å². The monoisotopic (exact) mass is 586 g/mol. The number of hydrogen-bond donors (Lipinski definition) is 0. The zero-order chi connectivity index (χ0) is 30.8. The van der Waals surface area contributed by atoms with Crippen LogP contribution in [0.3, 0.4) is 0 Å². The summed E-state index contributed by atoms with van der Waals surface area (Å²) in [6.07, 6.45) is 0. The summed E-state index contributed by atoms with van der Waals surface area (Å²) in [5, 5.41) is 0. The number of rotatable bonds is 8. The number of amides is 4. The third-order valence-corrected chi connectivity index (χ3v) is 9.49. The molecular weight excluding hydrogens is 552 g/mol. The molecule has 2 aliphatic heterocycles. The van der Waals surface area contributed by atoms with Crippen molar-refractivity contribution in [3.63, 3.8) is 0 Å². The van der Waals surface area contributed by atoms with Crippen molar-refractivity contribution in [2.45, 2.75) is 34.6 Å². The summed E-state index contributed by atoms with van der Waals surface area (Å²) in [6, 6.07) is 13.6. The van der Waals surface area contributed by atoms with Crippen LogP contribution in [0.5, 0.6) is 11.5 Å². The Kier molecular flexibility index (Phi) is 6.90. The molecule has 5 aliphatic rings. The molecule has 3 fully saturated rings. The number of nitrogens with zero attached hydrogens (tertiary/aromatic N) is 2. The molecule has 2 heterocycles. The highest BCUT2D eigenvalue weighted by Crippen LogP contribution is 2.69. The molecule has 1 saturated carbocycles. The summed E-state index contributed by atoms with van der Waals surface area (Å²) < 4.78 is 17.0. The van der Waals surface area contributed by atoms with E-state index in [0.29, 0.717) is 41.7 Å².